The molecule has 1 aliphatic heterocycles. The molecule has 0 aromatic carbocycles. The molecule has 1 aromatic rings. The number of carbonyl (C=O) groups excluding carboxylic acids is 2. The molecule has 0 unspecified atom stereocenters. The van der Waals surface area contributed by atoms with Crippen molar-refractivity contribution in [3.05, 3.63) is 17.0 Å². The maximum atomic E-state index is 12.0. The number of hydrogen-bond donors (Lipinski definition) is 2. The van der Waals surface area contributed by atoms with Crippen molar-refractivity contribution in [3.8, 4) is 0 Å². The second-order valence-corrected chi connectivity index (χ2v) is 5.03. The highest BCUT2D eigenvalue weighted by Gasteiger charge is 2.28. The van der Waals surface area contributed by atoms with Crippen LogP contribution in [-0.4, -0.2) is 46.3 Å². The summed E-state index contributed by atoms with van der Waals surface area (Å²) >= 11 is 0. The summed E-state index contributed by atoms with van der Waals surface area (Å²) in [7, 11) is 0. The van der Waals surface area contributed by atoms with Gasteiger partial charge in [-0.1, -0.05) is 0 Å². The van der Waals surface area contributed by atoms with E-state index < -0.39 is 5.97 Å². The molecule has 1 aliphatic rings. The Morgan fingerprint density at radius 3 is 2.90 bits per heavy atom. The number of amides is 2. The number of nitrogens with zero attached hydrogens (tertiary/aromatic N) is 2. The van der Waals surface area contributed by atoms with Crippen molar-refractivity contribution in [3.63, 3.8) is 0 Å². The Kier molecular flexibility index (Phi) is 4.26. The summed E-state index contributed by atoms with van der Waals surface area (Å²) < 4.78 is 4.97. The highest BCUT2D eigenvalue weighted by Crippen LogP contribution is 2.21. The molecule has 0 radical (unpaired) electrons. The lowest BCUT2D eigenvalue weighted by molar-refractivity contribution is 0.0516. The Morgan fingerprint density at radius 2 is 2.25 bits per heavy atom. The molecular weight excluding hydrogens is 260 g/mol. The predicted octanol–water partition coefficient (Wildman–Crippen LogP) is 1.06. The third-order valence-electron chi connectivity index (χ3n) is 3.10. The Morgan fingerprint density at radius 1 is 1.50 bits per heavy atom. The van der Waals surface area contributed by atoms with Crippen molar-refractivity contribution in [1.29, 1.82) is 0 Å². The van der Waals surface area contributed by atoms with Gasteiger partial charge in [-0.25, -0.2) is 9.59 Å². The standard InChI is InChI=1S/C13H20N4O3/c1-4-20-12(18)11-9-7-17(13(19)14-8(2)3)6-5-10(9)15-16-11/h8H,4-7H2,1-3H3,(H,14,19)(H,15,16). The highest BCUT2D eigenvalue weighted by molar-refractivity contribution is 5.89. The molecule has 7 heteroatoms. The van der Waals surface area contributed by atoms with Gasteiger partial charge in [0, 0.05) is 30.3 Å². The average molecular weight is 280 g/mol. The van der Waals surface area contributed by atoms with Gasteiger partial charge in [-0.3, -0.25) is 5.10 Å². The molecule has 1 aromatic heterocycles. The second kappa shape index (κ2) is 5.94. The Balaban J connectivity index is 2.14. The Hall–Kier alpha value is -2.05. The normalized spacial score (nSPS) is 14.1. The van der Waals surface area contributed by atoms with Crippen molar-refractivity contribution in [1.82, 2.24) is 20.4 Å². The number of carbonyl (C=O) groups is 2. The van der Waals surface area contributed by atoms with Crippen LogP contribution in [0.1, 0.15) is 42.5 Å². The fraction of sp³-hybridized carbons (Fsp3) is 0.615. The summed E-state index contributed by atoms with van der Waals surface area (Å²) in [5, 5.41) is 9.72. The minimum atomic E-state index is -0.448. The number of esters is 1. The van der Waals surface area contributed by atoms with E-state index in [0.29, 0.717) is 26.1 Å². The van der Waals surface area contributed by atoms with Gasteiger partial charge >= 0.3 is 12.0 Å². The number of rotatable bonds is 3. The van der Waals surface area contributed by atoms with Gasteiger partial charge < -0.3 is 15.0 Å². The Labute approximate surface area is 117 Å². The van der Waals surface area contributed by atoms with Gasteiger partial charge in [0.2, 0.25) is 0 Å². The van der Waals surface area contributed by atoms with Crippen molar-refractivity contribution >= 4 is 12.0 Å². The van der Waals surface area contributed by atoms with Crippen molar-refractivity contribution in [2.75, 3.05) is 13.2 Å². The number of hydrogen-bond acceptors (Lipinski definition) is 4. The molecule has 0 atom stereocenters. The molecule has 20 heavy (non-hydrogen) atoms. The molecule has 7 nitrogen and oxygen atoms in total. The first kappa shape index (κ1) is 14.4. The lowest BCUT2D eigenvalue weighted by atomic mass is 10.1. The summed E-state index contributed by atoms with van der Waals surface area (Å²) in [6, 6.07) is -0.0422. The SMILES string of the molecule is CCOC(=O)c1n[nH]c2c1CN(C(=O)NC(C)C)CC2. The molecule has 2 amide bonds. The number of ether oxygens (including phenoxy) is 1. The molecule has 0 aliphatic carbocycles. The van der Waals surface area contributed by atoms with Crippen molar-refractivity contribution in [2.24, 2.45) is 0 Å². The number of fused-ring (bicyclic) bond motifs is 1. The molecule has 2 heterocycles. The van der Waals surface area contributed by atoms with Crippen LogP contribution in [0.3, 0.4) is 0 Å². The van der Waals surface area contributed by atoms with E-state index in [2.05, 4.69) is 15.5 Å². The van der Waals surface area contributed by atoms with Gasteiger partial charge in [-0.15, -0.1) is 0 Å². The van der Waals surface area contributed by atoms with Crippen LogP contribution in [0, 0.1) is 0 Å². The van der Waals surface area contributed by atoms with E-state index in [1.165, 1.54) is 0 Å². The van der Waals surface area contributed by atoms with Gasteiger partial charge in [0.05, 0.1) is 13.2 Å². The lowest BCUT2D eigenvalue weighted by Gasteiger charge is -2.28. The molecule has 0 fully saturated rings. The van der Waals surface area contributed by atoms with Crippen molar-refractivity contribution < 1.29 is 14.3 Å². The molecule has 2 N–H and O–H groups in total. The maximum absolute atomic E-state index is 12.0. The summed E-state index contributed by atoms with van der Waals surface area (Å²) in [4.78, 5) is 25.5. The van der Waals surface area contributed by atoms with Crippen LogP contribution in [0.5, 0.6) is 0 Å². The number of nitrogens with one attached hydrogen (secondary N) is 2. The first-order valence-electron chi connectivity index (χ1n) is 6.81. The van der Waals surface area contributed by atoms with Gasteiger partial charge in [-0.2, -0.15) is 5.10 Å². The fourth-order valence-electron chi connectivity index (χ4n) is 2.17. The van der Waals surface area contributed by atoms with E-state index in [1.807, 2.05) is 13.8 Å². The van der Waals surface area contributed by atoms with E-state index in [9.17, 15) is 9.59 Å². The van der Waals surface area contributed by atoms with Gasteiger partial charge in [0.25, 0.3) is 0 Å². The van der Waals surface area contributed by atoms with Crippen molar-refractivity contribution in [2.45, 2.75) is 39.8 Å². The summed E-state index contributed by atoms with van der Waals surface area (Å²) in [5.41, 5.74) is 1.94. The fourth-order valence-corrected chi connectivity index (χ4v) is 2.17. The van der Waals surface area contributed by atoms with Gasteiger partial charge in [0.15, 0.2) is 5.69 Å². The van der Waals surface area contributed by atoms with E-state index in [4.69, 9.17) is 4.74 Å². The number of aromatic nitrogens is 2. The molecule has 0 saturated heterocycles. The zero-order valence-electron chi connectivity index (χ0n) is 12.0. The summed E-state index contributed by atoms with van der Waals surface area (Å²) in [6.07, 6.45) is 0.660. The van der Waals surface area contributed by atoms with Crippen LogP contribution >= 0.6 is 0 Å². The summed E-state index contributed by atoms with van der Waals surface area (Å²) in [6.45, 7) is 6.86. The zero-order chi connectivity index (χ0) is 14.7. The first-order valence-corrected chi connectivity index (χ1v) is 6.81. The number of urea groups is 1. The quantitative estimate of drug-likeness (QED) is 0.810. The van der Waals surface area contributed by atoms with E-state index in [0.717, 1.165) is 11.3 Å². The first-order chi connectivity index (χ1) is 9.52. The molecular formula is C13H20N4O3. The molecule has 0 spiro atoms. The third-order valence-corrected chi connectivity index (χ3v) is 3.10. The smallest absolute Gasteiger partial charge is 0.359 e. The van der Waals surface area contributed by atoms with Gasteiger partial charge in [-0.05, 0) is 20.8 Å². The highest BCUT2D eigenvalue weighted by atomic mass is 16.5. The van der Waals surface area contributed by atoms with E-state index >= 15 is 0 Å². The van der Waals surface area contributed by atoms with Crippen LogP contribution in [0.15, 0.2) is 0 Å². The molecule has 0 saturated carbocycles. The van der Waals surface area contributed by atoms with Crippen LogP contribution in [0.4, 0.5) is 4.79 Å². The molecule has 110 valence electrons. The number of H-pyrrole nitrogens is 1. The minimum Gasteiger partial charge on any atom is -0.461 e. The second-order valence-electron chi connectivity index (χ2n) is 5.03. The summed E-state index contributed by atoms with van der Waals surface area (Å²) in [5.74, 6) is -0.448. The zero-order valence-corrected chi connectivity index (χ0v) is 12.0. The lowest BCUT2D eigenvalue weighted by Crippen LogP contribution is -2.45. The topological polar surface area (TPSA) is 87.3 Å². The van der Waals surface area contributed by atoms with E-state index in [1.54, 1.807) is 11.8 Å². The van der Waals surface area contributed by atoms with Crippen LogP contribution in [0.2, 0.25) is 0 Å². The third kappa shape index (κ3) is 2.92. The predicted molar refractivity (Wildman–Crippen MR) is 72.3 cm³/mol. The van der Waals surface area contributed by atoms with Gasteiger partial charge in [0.1, 0.15) is 0 Å². The molecule has 2 rings (SSSR count). The monoisotopic (exact) mass is 280 g/mol. The maximum Gasteiger partial charge on any atom is 0.359 e. The van der Waals surface area contributed by atoms with Crippen LogP contribution < -0.4 is 5.32 Å². The Bertz CT molecular complexity index is 510. The van der Waals surface area contributed by atoms with E-state index in [-0.39, 0.29) is 17.8 Å². The number of aromatic amines is 1. The van der Waals surface area contributed by atoms with Crippen LogP contribution in [0.25, 0.3) is 0 Å². The van der Waals surface area contributed by atoms with Crippen LogP contribution in [-0.2, 0) is 17.7 Å². The minimum absolute atomic E-state index is 0.0813. The molecule has 0 bridgehead atoms. The average Bonchev–Trinajstić information content (AvgIpc) is 2.80. The largest absolute Gasteiger partial charge is 0.461 e.